The summed E-state index contributed by atoms with van der Waals surface area (Å²) in [6.07, 6.45) is 0.826. The molecular formula is C7H15NO2. The molecule has 0 aliphatic heterocycles. The molecule has 0 aromatic heterocycles. The van der Waals surface area contributed by atoms with E-state index in [9.17, 15) is 4.79 Å². The molecule has 1 unspecified atom stereocenters. The SMILES string of the molecule is CCC(C)C(=O)ON(C)C. The predicted octanol–water partition coefficient (Wildman–Crippen LogP) is 1.05. The van der Waals surface area contributed by atoms with Crippen molar-refractivity contribution in [3.8, 4) is 0 Å². The topological polar surface area (TPSA) is 29.5 Å². The highest BCUT2D eigenvalue weighted by Gasteiger charge is 2.12. The minimum absolute atomic E-state index is 0.00222. The minimum Gasteiger partial charge on any atom is -0.368 e. The van der Waals surface area contributed by atoms with E-state index in [1.54, 1.807) is 14.1 Å². The van der Waals surface area contributed by atoms with Crippen LogP contribution in [-0.4, -0.2) is 25.1 Å². The standard InChI is InChI=1S/C7H15NO2/c1-5-6(2)7(9)10-8(3)4/h6H,5H2,1-4H3. The Bertz CT molecular complexity index is 112. The van der Waals surface area contributed by atoms with Crippen LogP contribution in [0.2, 0.25) is 0 Å². The Hall–Kier alpha value is -0.570. The van der Waals surface area contributed by atoms with Gasteiger partial charge in [0.15, 0.2) is 0 Å². The normalized spacial score (nSPS) is 13.3. The lowest BCUT2D eigenvalue weighted by Crippen LogP contribution is -2.23. The van der Waals surface area contributed by atoms with Crippen molar-refractivity contribution in [2.75, 3.05) is 14.1 Å². The Morgan fingerprint density at radius 1 is 1.60 bits per heavy atom. The third-order valence-electron chi connectivity index (χ3n) is 1.29. The highest BCUT2D eigenvalue weighted by atomic mass is 16.7. The largest absolute Gasteiger partial charge is 0.368 e. The van der Waals surface area contributed by atoms with Gasteiger partial charge < -0.3 is 4.84 Å². The van der Waals surface area contributed by atoms with Gasteiger partial charge in [-0.2, -0.15) is 0 Å². The molecule has 0 radical (unpaired) electrons. The van der Waals surface area contributed by atoms with E-state index in [4.69, 9.17) is 4.84 Å². The quantitative estimate of drug-likeness (QED) is 0.556. The van der Waals surface area contributed by atoms with E-state index in [2.05, 4.69) is 0 Å². The van der Waals surface area contributed by atoms with Crippen LogP contribution in [0.1, 0.15) is 20.3 Å². The van der Waals surface area contributed by atoms with E-state index in [-0.39, 0.29) is 11.9 Å². The molecule has 0 spiro atoms. The zero-order valence-corrected chi connectivity index (χ0v) is 7.05. The van der Waals surface area contributed by atoms with Crippen molar-refractivity contribution in [3.63, 3.8) is 0 Å². The molecule has 0 saturated heterocycles. The molecule has 0 aromatic rings. The molecule has 60 valence electrons. The number of hydrogen-bond donors (Lipinski definition) is 0. The van der Waals surface area contributed by atoms with E-state index >= 15 is 0 Å². The van der Waals surface area contributed by atoms with Gasteiger partial charge in [0.25, 0.3) is 0 Å². The average Bonchev–Trinajstić information content (AvgIpc) is 1.85. The molecule has 1 atom stereocenters. The van der Waals surface area contributed by atoms with Crippen molar-refractivity contribution >= 4 is 5.97 Å². The molecule has 0 aliphatic rings. The summed E-state index contributed by atoms with van der Waals surface area (Å²) in [7, 11) is 3.39. The van der Waals surface area contributed by atoms with E-state index in [0.717, 1.165) is 6.42 Å². The summed E-state index contributed by atoms with van der Waals surface area (Å²) >= 11 is 0. The first-order valence-electron chi connectivity index (χ1n) is 3.47. The first-order chi connectivity index (χ1) is 4.57. The number of carbonyl (C=O) groups is 1. The maximum atomic E-state index is 10.9. The van der Waals surface area contributed by atoms with E-state index < -0.39 is 0 Å². The van der Waals surface area contributed by atoms with Crippen LogP contribution in [0, 0.1) is 5.92 Å². The first kappa shape index (κ1) is 9.43. The zero-order valence-electron chi connectivity index (χ0n) is 7.05. The number of hydroxylamine groups is 2. The summed E-state index contributed by atoms with van der Waals surface area (Å²) in [6, 6.07) is 0. The minimum atomic E-state index is -0.160. The number of carbonyl (C=O) groups excluding carboxylic acids is 1. The smallest absolute Gasteiger partial charge is 0.327 e. The van der Waals surface area contributed by atoms with Gasteiger partial charge in [0.05, 0.1) is 5.92 Å². The zero-order chi connectivity index (χ0) is 8.15. The molecule has 0 aliphatic carbocycles. The molecule has 0 fully saturated rings. The molecular weight excluding hydrogens is 130 g/mol. The van der Waals surface area contributed by atoms with Gasteiger partial charge in [0.1, 0.15) is 0 Å². The Kier molecular flexibility index (Phi) is 4.03. The summed E-state index contributed by atoms with van der Waals surface area (Å²) in [5, 5.41) is 1.41. The molecule has 0 saturated carbocycles. The maximum Gasteiger partial charge on any atom is 0.327 e. The number of rotatable bonds is 3. The molecule has 0 heterocycles. The van der Waals surface area contributed by atoms with Crippen molar-refractivity contribution in [1.29, 1.82) is 0 Å². The molecule has 10 heavy (non-hydrogen) atoms. The summed E-state index contributed by atoms with van der Waals surface area (Å²) < 4.78 is 0. The summed E-state index contributed by atoms with van der Waals surface area (Å²) in [5.74, 6) is -0.157. The Morgan fingerprint density at radius 3 is 2.40 bits per heavy atom. The van der Waals surface area contributed by atoms with Gasteiger partial charge in [0, 0.05) is 14.1 Å². The van der Waals surface area contributed by atoms with Gasteiger partial charge in [-0.3, -0.25) is 4.79 Å². The van der Waals surface area contributed by atoms with Gasteiger partial charge in [-0.15, -0.1) is 5.06 Å². The van der Waals surface area contributed by atoms with Crippen LogP contribution in [0.4, 0.5) is 0 Å². The van der Waals surface area contributed by atoms with Crippen molar-refractivity contribution in [1.82, 2.24) is 5.06 Å². The average molecular weight is 145 g/mol. The van der Waals surface area contributed by atoms with Gasteiger partial charge in [-0.1, -0.05) is 13.8 Å². The van der Waals surface area contributed by atoms with Crippen LogP contribution in [0.5, 0.6) is 0 Å². The fourth-order valence-corrected chi connectivity index (χ4v) is 0.437. The van der Waals surface area contributed by atoms with Crippen molar-refractivity contribution in [2.45, 2.75) is 20.3 Å². The van der Waals surface area contributed by atoms with Crippen molar-refractivity contribution < 1.29 is 9.63 Å². The summed E-state index contributed by atoms with van der Waals surface area (Å²) in [6.45, 7) is 3.81. The number of nitrogens with zero attached hydrogens (tertiary/aromatic N) is 1. The van der Waals surface area contributed by atoms with E-state index in [1.807, 2.05) is 13.8 Å². The maximum absolute atomic E-state index is 10.9. The third-order valence-corrected chi connectivity index (χ3v) is 1.29. The summed E-state index contributed by atoms with van der Waals surface area (Å²) in [5.41, 5.74) is 0. The lowest BCUT2D eigenvalue weighted by molar-refractivity contribution is -0.183. The Labute approximate surface area is 61.9 Å². The highest BCUT2D eigenvalue weighted by Crippen LogP contribution is 2.02. The second-order valence-corrected chi connectivity index (χ2v) is 2.53. The molecule has 0 bridgehead atoms. The van der Waals surface area contributed by atoms with Crippen molar-refractivity contribution in [2.24, 2.45) is 5.92 Å². The van der Waals surface area contributed by atoms with Crippen LogP contribution in [0.3, 0.4) is 0 Å². The molecule has 0 N–H and O–H groups in total. The van der Waals surface area contributed by atoms with E-state index in [1.165, 1.54) is 5.06 Å². The molecule has 0 aromatic carbocycles. The fourth-order valence-electron chi connectivity index (χ4n) is 0.437. The van der Waals surface area contributed by atoms with Crippen LogP contribution >= 0.6 is 0 Å². The van der Waals surface area contributed by atoms with Gasteiger partial charge in [0.2, 0.25) is 0 Å². The van der Waals surface area contributed by atoms with Gasteiger partial charge in [-0.05, 0) is 6.42 Å². The third kappa shape index (κ3) is 3.45. The Morgan fingerprint density at radius 2 is 2.10 bits per heavy atom. The molecule has 0 amide bonds. The van der Waals surface area contributed by atoms with Crippen LogP contribution in [-0.2, 0) is 9.63 Å². The molecule has 0 rings (SSSR count). The van der Waals surface area contributed by atoms with Crippen LogP contribution < -0.4 is 0 Å². The van der Waals surface area contributed by atoms with E-state index in [0.29, 0.717) is 0 Å². The second kappa shape index (κ2) is 4.28. The van der Waals surface area contributed by atoms with Crippen LogP contribution in [0.15, 0.2) is 0 Å². The van der Waals surface area contributed by atoms with Gasteiger partial charge >= 0.3 is 5.97 Å². The predicted molar refractivity (Wildman–Crippen MR) is 39.2 cm³/mol. The van der Waals surface area contributed by atoms with Gasteiger partial charge in [-0.25, -0.2) is 0 Å². The highest BCUT2D eigenvalue weighted by molar-refractivity contribution is 5.71. The monoisotopic (exact) mass is 145 g/mol. The van der Waals surface area contributed by atoms with Crippen LogP contribution in [0.25, 0.3) is 0 Å². The fraction of sp³-hybridized carbons (Fsp3) is 0.857. The molecule has 3 nitrogen and oxygen atoms in total. The van der Waals surface area contributed by atoms with Crippen molar-refractivity contribution in [3.05, 3.63) is 0 Å². The number of hydrogen-bond acceptors (Lipinski definition) is 3. The summed E-state index contributed by atoms with van der Waals surface area (Å²) in [4.78, 5) is 15.7. The first-order valence-corrected chi connectivity index (χ1v) is 3.47. The second-order valence-electron chi connectivity index (χ2n) is 2.53. The Balaban J connectivity index is 3.62. The lowest BCUT2D eigenvalue weighted by Gasteiger charge is -2.12. The lowest BCUT2D eigenvalue weighted by atomic mass is 10.1. The molecule has 3 heteroatoms.